The Bertz CT molecular complexity index is 986. The number of anilines is 1. The van der Waals surface area contributed by atoms with Crippen LogP contribution in [0.15, 0.2) is 53.7 Å². The highest BCUT2D eigenvalue weighted by molar-refractivity contribution is 7.99. The molecule has 0 fully saturated rings. The molecule has 28 heavy (non-hydrogen) atoms. The van der Waals surface area contributed by atoms with Gasteiger partial charge in [0.25, 0.3) is 0 Å². The number of para-hydroxylation sites is 2. The molecule has 0 aliphatic rings. The third-order valence-electron chi connectivity index (χ3n) is 4.04. The summed E-state index contributed by atoms with van der Waals surface area (Å²) in [5.74, 6) is -0.437. The van der Waals surface area contributed by atoms with Crippen molar-refractivity contribution >= 4 is 40.4 Å². The number of benzene rings is 2. The van der Waals surface area contributed by atoms with Gasteiger partial charge in [0.05, 0.1) is 36.1 Å². The molecule has 0 atom stereocenters. The Kier molecular flexibility index (Phi) is 6.67. The van der Waals surface area contributed by atoms with Gasteiger partial charge in [-0.05, 0) is 30.3 Å². The smallest absolute Gasteiger partial charge is 0.337 e. The fourth-order valence-corrected chi connectivity index (χ4v) is 3.57. The van der Waals surface area contributed by atoms with Gasteiger partial charge in [-0.1, -0.05) is 30.0 Å². The molecule has 2 aromatic carbocycles. The Morgan fingerprint density at radius 3 is 2.75 bits per heavy atom. The molecule has 0 radical (unpaired) electrons. The molecule has 1 aromatic heterocycles. The van der Waals surface area contributed by atoms with Crippen LogP contribution in [0.4, 0.5) is 5.69 Å². The third kappa shape index (κ3) is 4.71. The summed E-state index contributed by atoms with van der Waals surface area (Å²) in [4.78, 5) is 28.6. The SMILES string of the molecule is COCCn1c(SCC(=O)Nc2cccc(C(=O)OC)c2)nc2ccccc21. The van der Waals surface area contributed by atoms with E-state index in [0.29, 0.717) is 24.4 Å². The van der Waals surface area contributed by atoms with Gasteiger partial charge in [0, 0.05) is 19.3 Å². The highest BCUT2D eigenvalue weighted by Crippen LogP contribution is 2.24. The average molecular weight is 399 g/mol. The van der Waals surface area contributed by atoms with E-state index in [0.717, 1.165) is 16.2 Å². The molecule has 0 spiro atoms. The van der Waals surface area contributed by atoms with Gasteiger partial charge in [0.15, 0.2) is 5.16 Å². The van der Waals surface area contributed by atoms with Gasteiger partial charge in [-0.3, -0.25) is 4.79 Å². The lowest BCUT2D eigenvalue weighted by molar-refractivity contribution is -0.113. The predicted octanol–water partition coefficient (Wildman–Crippen LogP) is 3.20. The lowest BCUT2D eigenvalue weighted by Crippen LogP contribution is -2.15. The number of imidazole rings is 1. The zero-order valence-electron chi connectivity index (χ0n) is 15.7. The Balaban J connectivity index is 1.68. The Labute approximate surface area is 167 Å². The van der Waals surface area contributed by atoms with Crippen LogP contribution in [0.3, 0.4) is 0 Å². The van der Waals surface area contributed by atoms with Gasteiger partial charge in [0.2, 0.25) is 5.91 Å². The molecule has 146 valence electrons. The summed E-state index contributed by atoms with van der Waals surface area (Å²) < 4.78 is 11.9. The van der Waals surface area contributed by atoms with Gasteiger partial charge < -0.3 is 19.4 Å². The van der Waals surface area contributed by atoms with Gasteiger partial charge in [0.1, 0.15) is 0 Å². The molecule has 0 unspecified atom stereocenters. The molecule has 7 nitrogen and oxygen atoms in total. The fraction of sp³-hybridized carbons (Fsp3) is 0.250. The number of methoxy groups -OCH3 is 2. The molecule has 1 heterocycles. The summed E-state index contributed by atoms with van der Waals surface area (Å²) in [6.45, 7) is 1.21. The van der Waals surface area contributed by atoms with Crippen molar-refractivity contribution in [2.24, 2.45) is 0 Å². The van der Waals surface area contributed by atoms with Crippen LogP contribution in [0.1, 0.15) is 10.4 Å². The molecular weight excluding hydrogens is 378 g/mol. The molecule has 3 rings (SSSR count). The first-order chi connectivity index (χ1) is 13.6. The summed E-state index contributed by atoms with van der Waals surface area (Å²) in [6.07, 6.45) is 0. The Morgan fingerprint density at radius 2 is 1.96 bits per heavy atom. The molecule has 8 heteroatoms. The van der Waals surface area contributed by atoms with Crippen LogP contribution < -0.4 is 5.32 Å². The number of aromatic nitrogens is 2. The lowest BCUT2D eigenvalue weighted by atomic mass is 10.2. The largest absolute Gasteiger partial charge is 0.465 e. The Morgan fingerprint density at radius 1 is 1.14 bits per heavy atom. The van der Waals surface area contributed by atoms with E-state index in [1.54, 1.807) is 31.4 Å². The molecule has 0 saturated heterocycles. The maximum absolute atomic E-state index is 12.4. The maximum atomic E-state index is 12.4. The zero-order valence-corrected chi connectivity index (χ0v) is 16.5. The number of thioether (sulfide) groups is 1. The highest BCUT2D eigenvalue weighted by atomic mass is 32.2. The standard InChI is InChI=1S/C20H21N3O4S/c1-26-11-10-23-17-9-4-3-8-16(17)22-20(23)28-13-18(24)21-15-7-5-6-14(12-15)19(25)27-2/h3-9,12H,10-11,13H2,1-2H3,(H,21,24). The van der Waals surface area contributed by atoms with E-state index in [1.807, 2.05) is 24.3 Å². The quantitative estimate of drug-likeness (QED) is 0.463. The fourth-order valence-electron chi connectivity index (χ4n) is 2.73. The van der Waals surface area contributed by atoms with Crippen LogP contribution >= 0.6 is 11.8 Å². The average Bonchev–Trinajstić information content (AvgIpc) is 3.07. The Hall–Kier alpha value is -2.84. The maximum Gasteiger partial charge on any atom is 0.337 e. The first-order valence-corrected chi connectivity index (χ1v) is 9.66. The van der Waals surface area contributed by atoms with Gasteiger partial charge >= 0.3 is 5.97 Å². The number of rotatable bonds is 8. The molecule has 0 bridgehead atoms. The van der Waals surface area contributed by atoms with Crippen LogP contribution in [0.2, 0.25) is 0 Å². The van der Waals surface area contributed by atoms with Crippen molar-refractivity contribution in [3.63, 3.8) is 0 Å². The number of amides is 1. The molecular formula is C20H21N3O4S. The minimum absolute atomic E-state index is 0.183. The molecule has 1 N–H and O–H groups in total. The van der Waals surface area contributed by atoms with Crippen LogP contribution in [0.5, 0.6) is 0 Å². The van der Waals surface area contributed by atoms with E-state index in [9.17, 15) is 9.59 Å². The zero-order chi connectivity index (χ0) is 19.9. The van der Waals surface area contributed by atoms with Crippen LogP contribution in [0, 0.1) is 0 Å². The van der Waals surface area contributed by atoms with Crippen molar-refractivity contribution in [3.8, 4) is 0 Å². The molecule has 0 aliphatic carbocycles. The number of esters is 1. The van der Waals surface area contributed by atoms with E-state index in [1.165, 1.54) is 18.9 Å². The number of nitrogens with zero attached hydrogens (tertiary/aromatic N) is 2. The second kappa shape index (κ2) is 9.38. The lowest BCUT2D eigenvalue weighted by Gasteiger charge is -2.09. The van der Waals surface area contributed by atoms with Gasteiger partial charge in [-0.25, -0.2) is 9.78 Å². The first kappa shape index (κ1) is 19.9. The third-order valence-corrected chi connectivity index (χ3v) is 5.01. The van der Waals surface area contributed by atoms with Gasteiger partial charge in [-0.15, -0.1) is 0 Å². The first-order valence-electron chi connectivity index (χ1n) is 8.67. The molecule has 0 saturated carbocycles. The van der Waals surface area contributed by atoms with Crippen molar-refractivity contribution in [1.29, 1.82) is 0 Å². The normalized spacial score (nSPS) is 10.8. The number of nitrogens with one attached hydrogen (secondary N) is 1. The van der Waals surface area contributed by atoms with Crippen molar-refractivity contribution in [3.05, 3.63) is 54.1 Å². The van der Waals surface area contributed by atoms with Gasteiger partial charge in [-0.2, -0.15) is 0 Å². The van der Waals surface area contributed by atoms with Crippen molar-refractivity contribution in [1.82, 2.24) is 9.55 Å². The number of carbonyl (C=O) groups is 2. The van der Waals surface area contributed by atoms with E-state index < -0.39 is 5.97 Å². The highest BCUT2D eigenvalue weighted by Gasteiger charge is 2.13. The minimum atomic E-state index is -0.447. The predicted molar refractivity (Wildman–Crippen MR) is 109 cm³/mol. The van der Waals surface area contributed by atoms with E-state index in [-0.39, 0.29) is 11.7 Å². The van der Waals surface area contributed by atoms with Crippen molar-refractivity contribution in [2.45, 2.75) is 11.7 Å². The van der Waals surface area contributed by atoms with Crippen LogP contribution in [-0.2, 0) is 20.8 Å². The molecule has 1 amide bonds. The van der Waals surface area contributed by atoms with Crippen molar-refractivity contribution in [2.75, 3.05) is 31.9 Å². The van der Waals surface area contributed by atoms with E-state index in [2.05, 4.69) is 14.9 Å². The number of fused-ring (bicyclic) bond motifs is 1. The van der Waals surface area contributed by atoms with E-state index >= 15 is 0 Å². The number of hydrogen-bond donors (Lipinski definition) is 1. The summed E-state index contributed by atoms with van der Waals surface area (Å²) in [5.41, 5.74) is 2.82. The minimum Gasteiger partial charge on any atom is -0.465 e. The summed E-state index contributed by atoms with van der Waals surface area (Å²) >= 11 is 1.36. The summed E-state index contributed by atoms with van der Waals surface area (Å²) in [7, 11) is 2.97. The monoisotopic (exact) mass is 399 g/mol. The summed E-state index contributed by atoms with van der Waals surface area (Å²) in [6, 6.07) is 14.5. The number of hydrogen-bond acceptors (Lipinski definition) is 6. The second-order valence-electron chi connectivity index (χ2n) is 5.94. The number of carbonyl (C=O) groups excluding carboxylic acids is 2. The van der Waals surface area contributed by atoms with Crippen LogP contribution in [-0.4, -0.2) is 48.0 Å². The topological polar surface area (TPSA) is 82.5 Å². The second-order valence-corrected chi connectivity index (χ2v) is 6.88. The van der Waals surface area contributed by atoms with Crippen LogP contribution in [0.25, 0.3) is 11.0 Å². The summed E-state index contributed by atoms with van der Waals surface area (Å²) in [5, 5.41) is 3.56. The van der Waals surface area contributed by atoms with E-state index in [4.69, 9.17) is 9.47 Å². The number of ether oxygens (including phenoxy) is 2. The molecule has 0 aliphatic heterocycles. The molecule has 3 aromatic rings. The van der Waals surface area contributed by atoms with Crippen molar-refractivity contribution < 1.29 is 19.1 Å².